The lowest BCUT2D eigenvalue weighted by Crippen LogP contribution is -2.56. The largest absolute Gasteiger partial charge is 0.371 e. The topological polar surface area (TPSA) is 15.7 Å². The van der Waals surface area contributed by atoms with Crippen molar-refractivity contribution in [3.8, 4) is 0 Å². The van der Waals surface area contributed by atoms with Crippen molar-refractivity contribution in [1.29, 1.82) is 0 Å². The summed E-state index contributed by atoms with van der Waals surface area (Å²) in [5.41, 5.74) is 3.96. The van der Waals surface area contributed by atoms with Gasteiger partial charge in [-0.3, -0.25) is 4.90 Å². The van der Waals surface area contributed by atoms with Crippen molar-refractivity contribution in [3.63, 3.8) is 0 Å². The van der Waals surface area contributed by atoms with E-state index in [2.05, 4.69) is 63.0 Å². The SMILES string of the molecule is CCN1CCN(c2ccc(Cl)cc2)C(C2OCCc3cc(Br)ccc32)C1. The van der Waals surface area contributed by atoms with Gasteiger partial charge in [-0.15, -0.1) is 0 Å². The molecule has 2 aromatic carbocycles. The lowest BCUT2D eigenvalue weighted by atomic mass is 9.91. The van der Waals surface area contributed by atoms with Crippen LogP contribution in [0.1, 0.15) is 24.2 Å². The molecule has 0 saturated carbocycles. The van der Waals surface area contributed by atoms with Gasteiger partial charge in [0.15, 0.2) is 0 Å². The molecule has 0 amide bonds. The predicted molar refractivity (Wildman–Crippen MR) is 111 cm³/mol. The molecule has 2 unspecified atom stereocenters. The van der Waals surface area contributed by atoms with Crippen LogP contribution in [-0.2, 0) is 11.2 Å². The van der Waals surface area contributed by atoms with Crippen LogP contribution in [0.3, 0.4) is 0 Å². The Morgan fingerprint density at radius 1 is 1.15 bits per heavy atom. The number of fused-ring (bicyclic) bond motifs is 1. The van der Waals surface area contributed by atoms with Gasteiger partial charge in [-0.1, -0.05) is 40.5 Å². The highest BCUT2D eigenvalue weighted by molar-refractivity contribution is 9.10. The number of likely N-dealkylation sites (N-methyl/N-ethyl adjacent to an activating group) is 1. The molecule has 0 spiro atoms. The number of anilines is 1. The Bertz CT molecular complexity index is 767. The molecule has 0 N–H and O–H groups in total. The zero-order valence-corrected chi connectivity index (χ0v) is 17.3. The van der Waals surface area contributed by atoms with Gasteiger partial charge in [0, 0.05) is 34.8 Å². The highest BCUT2D eigenvalue weighted by Crippen LogP contribution is 2.37. The summed E-state index contributed by atoms with van der Waals surface area (Å²) in [4.78, 5) is 5.03. The molecule has 2 heterocycles. The van der Waals surface area contributed by atoms with Gasteiger partial charge < -0.3 is 9.64 Å². The Morgan fingerprint density at radius 3 is 2.73 bits per heavy atom. The summed E-state index contributed by atoms with van der Waals surface area (Å²) in [6.45, 7) is 7.19. The average molecular weight is 436 g/mol. The lowest BCUT2D eigenvalue weighted by molar-refractivity contribution is 0.00758. The molecule has 5 heteroatoms. The van der Waals surface area contributed by atoms with E-state index in [0.29, 0.717) is 6.04 Å². The number of hydrogen-bond donors (Lipinski definition) is 0. The molecule has 0 bridgehead atoms. The molecular formula is C21H24BrClN2O. The van der Waals surface area contributed by atoms with Crippen LogP contribution in [-0.4, -0.2) is 43.7 Å². The molecule has 0 aromatic heterocycles. The van der Waals surface area contributed by atoms with Gasteiger partial charge in [-0.25, -0.2) is 0 Å². The molecule has 2 aliphatic rings. The molecule has 1 fully saturated rings. The second-order valence-corrected chi connectivity index (χ2v) is 8.37. The molecule has 2 aliphatic heterocycles. The predicted octanol–water partition coefficient (Wildman–Crippen LogP) is 4.93. The summed E-state index contributed by atoms with van der Waals surface area (Å²) in [5.74, 6) is 0. The first-order valence-corrected chi connectivity index (χ1v) is 10.5. The molecule has 3 nitrogen and oxygen atoms in total. The van der Waals surface area contributed by atoms with E-state index >= 15 is 0 Å². The number of piperazine rings is 1. The molecule has 2 atom stereocenters. The quantitative estimate of drug-likeness (QED) is 0.680. The van der Waals surface area contributed by atoms with Gasteiger partial charge in [0.05, 0.1) is 12.6 Å². The molecule has 4 rings (SSSR count). The van der Waals surface area contributed by atoms with Crippen LogP contribution >= 0.6 is 27.5 Å². The molecule has 0 aliphatic carbocycles. The number of halogens is 2. The highest BCUT2D eigenvalue weighted by atomic mass is 79.9. The third-order valence-electron chi connectivity index (χ3n) is 5.54. The van der Waals surface area contributed by atoms with Gasteiger partial charge in [0.25, 0.3) is 0 Å². The summed E-state index contributed by atoms with van der Waals surface area (Å²) in [6, 6.07) is 15.1. The van der Waals surface area contributed by atoms with Crippen LogP contribution in [0, 0.1) is 0 Å². The van der Waals surface area contributed by atoms with Gasteiger partial charge >= 0.3 is 0 Å². The molecule has 26 heavy (non-hydrogen) atoms. The van der Waals surface area contributed by atoms with E-state index in [1.165, 1.54) is 16.8 Å². The second-order valence-electron chi connectivity index (χ2n) is 7.01. The number of rotatable bonds is 3. The van der Waals surface area contributed by atoms with Crippen LogP contribution in [0.15, 0.2) is 46.9 Å². The molecule has 138 valence electrons. The van der Waals surface area contributed by atoms with Crippen molar-refractivity contribution in [2.24, 2.45) is 0 Å². The summed E-state index contributed by atoms with van der Waals surface area (Å²) >= 11 is 9.72. The minimum atomic E-state index is 0.0943. The van der Waals surface area contributed by atoms with Gasteiger partial charge in [-0.2, -0.15) is 0 Å². The highest BCUT2D eigenvalue weighted by Gasteiger charge is 2.36. The monoisotopic (exact) mass is 434 g/mol. The third-order valence-corrected chi connectivity index (χ3v) is 6.28. The van der Waals surface area contributed by atoms with Crippen molar-refractivity contribution in [3.05, 3.63) is 63.1 Å². The number of nitrogens with zero attached hydrogens (tertiary/aromatic N) is 2. The Balaban J connectivity index is 1.69. The fraction of sp³-hybridized carbons (Fsp3) is 0.429. The van der Waals surface area contributed by atoms with E-state index in [1.807, 2.05) is 12.1 Å². The van der Waals surface area contributed by atoms with Crippen LogP contribution in [0.2, 0.25) is 5.02 Å². The number of hydrogen-bond acceptors (Lipinski definition) is 3. The van der Waals surface area contributed by atoms with E-state index in [4.69, 9.17) is 16.3 Å². The zero-order valence-electron chi connectivity index (χ0n) is 15.0. The van der Waals surface area contributed by atoms with Crippen LogP contribution in [0.5, 0.6) is 0 Å². The van der Waals surface area contributed by atoms with Crippen LogP contribution in [0.25, 0.3) is 0 Å². The lowest BCUT2D eigenvalue weighted by Gasteiger charge is -2.47. The Labute approximate surface area is 169 Å². The third kappa shape index (κ3) is 3.65. The maximum absolute atomic E-state index is 6.34. The van der Waals surface area contributed by atoms with E-state index in [-0.39, 0.29) is 6.10 Å². The van der Waals surface area contributed by atoms with Crippen molar-refractivity contribution in [1.82, 2.24) is 4.90 Å². The van der Waals surface area contributed by atoms with Crippen molar-refractivity contribution in [2.45, 2.75) is 25.5 Å². The summed E-state index contributed by atoms with van der Waals surface area (Å²) < 4.78 is 7.49. The second kappa shape index (κ2) is 7.89. The molecule has 2 aromatic rings. The number of benzene rings is 2. The fourth-order valence-electron chi connectivity index (χ4n) is 4.14. The van der Waals surface area contributed by atoms with Gasteiger partial charge in [0.2, 0.25) is 0 Å². The Kier molecular flexibility index (Phi) is 5.55. The minimum Gasteiger partial charge on any atom is -0.371 e. The van der Waals surface area contributed by atoms with E-state index in [0.717, 1.165) is 48.7 Å². The first-order chi connectivity index (χ1) is 12.7. The maximum atomic E-state index is 6.34. The first-order valence-electron chi connectivity index (χ1n) is 9.30. The van der Waals surface area contributed by atoms with Gasteiger partial charge in [0.1, 0.15) is 6.10 Å². The van der Waals surface area contributed by atoms with Crippen LogP contribution in [0.4, 0.5) is 5.69 Å². The normalized spacial score (nSPS) is 23.7. The van der Waals surface area contributed by atoms with Gasteiger partial charge in [-0.05, 0) is 60.5 Å². The van der Waals surface area contributed by atoms with Crippen LogP contribution < -0.4 is 4.90 Å². The average Bonchev–Trinajstić information content (AvgIpc) is 2.67. The summed E-state index contributed by atoms with van der Waals surface area (Å²) in [5, 5.41) is 0.779. The van der Waals surface area contributed by atoms with E-state index in [1.54, 1.807) is 0 Å². The fourth-order valence-corrected chi connectivity index (χ4v) is 4.68. The molecule has 1 saturated heterocycles. The van der Waals surface area contributed by atoms with Crippen molar-refractivity contribution < 1.29 is 4.74 Å². The molecular weight excluding hydrogens is 412 g/mol. The zero-order chi connectivity index (χ0) is 18.1. The smallest absolute Gasteiger partial charge is 0.104 e. The minimum absolute atomic E-state index is 0.0943. The molecule has 0 radical (unpaired) electrons. The van der Waals surface area contributed by atoms with Crippen molar-refractivity contribution >= 4 is 33.2 Å². The van der Waals surface area contributed by atoms with E-state index < -0.39 is 0 Å². The Hall–Kier alpha value is -1.07. The standard InChI is InChI=1S/C21H24BrClN2O/c1-2-24-10-11-25(18-6-4-17(23)5-7-18)20(14-24)21-19-8-3-16(22)13-15(19)9-12-26-21/h3-8,13,20-21H,2,9-12,14H2,1H3. The van der Waals surface area contributed by atoms with Crippen molar-refractivity contribution in [2.75, 3.05) is 37.7 Å². The first kappa shape index (κ1) is 18.3. The summed E-state index contributed by atoms with van der Waals surface area (Å²) in [7, 11) is 0. The number of ether oxygens (including phenoxy) is 1. The van der Waals surface area contributed by atoms with E-state index in [9.17, 15) is 0 Å². The summed E-state index contributed by atoms with van der Waals surface area (Å²) in [6.07, 6.45) is 1.08. The maximum Gasteiger partial charge on any atom is 0.104 e. The Morgan fingerprint density at radius 2 is 1.96 bits per heavy atom.